The van der Waals surface area contributed by atoms with Crippen molar-refractivity contribution < 1.29 is 9.05 Å². The zero-order chi connectivity index (χ0) is 13.5. The topological polar surface area (TPSA) is 18.5 Å². The third-order valence-electron chi connectivity index (χ3n) is 2.68. The van der Waals surface area contributed by atoms with Gasteiger partial charge >= 0.3 is 0 Å². The highest BCUT2D eigenvalue weighted by molar-refractivity contribution is 7.56. The van der Waals surface area contributed by atoms with Gasteiger partial charge in [0.1, 0.15) is 0 Å². The van der Waals surface area contributed by atoms with Crippen molar-refractivity contribution in [2.75, 3.05) is 13.2 Å². The Kier molecular flexibility index (Phi) is 5.53. The van der Waals surface area contributed by atoms with Gasteiger partial charge in [-0.2, -0.15) is 0 Å². The summed E-state index contributed by atoms with van der Waals surface area (Å²) < 4.78 is 11.5. The second kappa shape index (κ2) is 7.40. The Bertz CT molecular complexity index is 493. The highest BCUT2D eigenvalue weighted by Crippen LogP contribution is 2.40. The molecule has 2 aromatic carbocycles. The first-order valence-electron chi connectivity index (χ1n) is 6.57. The van der Waals surface area contributed by atoms with Crippen molar-refractivity contribution in [1.82, 2.24) is 0 Å². The minimum atomic E-state index is -1.00. The van der Waals surface area contributed by atoms with Crippen molar-refractivity contribution in [3.8, 4) is 11.1 Å². The molecule has 3 heteroatoms. The van der Waals surface area contributed by atoms with E-state index in [2.05, 4.69) is 42.5 Å². The molecular weight excluding hydrogens is 255 g/mol. The lowest BCUT2D eigenvalue weighted by Crippen LogP contribution is -2.09. The normalized spacial score (nSPS) is 10.9. The molecule has 0 aromatic heterocycles. The summed E-state index contributed by atoms with van der Waals surface area (Å²) in [5.74, 6) is 0. The van der Waals surface area contributed by atoms with E-state index in [9.17, 15) is 0 Å². The minimum absolute atomic E-state index is 0.662. The van der Waals surface area contributed by atoms with E-state index in [-0.39, 0.29) is 0 Å². The molecule has 0 radical (unpaired) electrons. The number of hydrogen-bond acceptors (Lipinski definition) is 2. The molecule has 2 aromatic rings. The molecule has 0 aliphatic carbocycles. The summed E-state index contributed by atoms with van der Waals surface area (Å²) in [4.78, 5) is 0. The highest BCUT2D eigenvalue weighted by Gasteiger charge is 2.17. The van der Waals surface area contributed by atoms with Crippen LogP contribution in [0, 0.1) is 0 Å². The molecule has 0 spiro atoms. The van der Waals surface area contributed by atoms with Gasteiger partial charge in [-0.05, 0) is 31.0 Å². The van der Waals surface area contributed by atoms with E-state index in [1.807, 2.05) is 26.0 Å². The smallest absolute Gasteiger partial charge is 0.205 e. The van der Waals surface area contributed by atoms with E-state index in [1.165, 1.54) is 11.1 Å². The van der Waals surface area contributed by atoms with E-state index in [0.29, 0.717) is 13.2 Å². The Hall–Kier alpha value is -1.21. The maximum absolute atomic E-state index is 5.77. The van der Waals surface area contributed by atoms with Crippen molar-refractivity contribution in [2.45, 2.75) is 13.8 Å². The molecule has 0 heterocycles. The second-order valence-electron chi connectivity index (χ2n) is 3.98. The standard InChI is InChI=1S/C16H19O2P/c1-3-17-19(18-4-2)16-13-9-8-12-15(16)14-10-6-5-7-11-14/h5-13H,3-4H2,1-2H3. The van der Waals surface area contributed by atoms with Gasteiger partial charge in [-0.3, -0.25) is 0 Å². The molecule has 19 heavy (non-hydrogen) atoms. The summed E-state index contributed by atoms with van der Waals surface area (Å²) >= 11 is 0. The molecule has 0 saturated carbocycles. The van der Waals surface area contributed by atoms with Gasteiger partial charge in [0.15, 0.2) is 0 Å². The zero-order valence-electron chi connectivity index (χ0n) is 11.4. The summed E-state index contributed by atoms with van der Waals surface area (Å²) in [7, 11) is -1.00. The van der Waals surface area contributed by atoms with Crippen LogP contribution in [0.4, 0.5) is 0 Å². The monoisotopic (exact) mass is 274 g/mol. The van der Waals surface area contributed by atoms with E-state index < -0.39 is 8.38 Å². The third kappa shape index (κ3) is 3.63. The summed E-state index contributed by atoms with van der Waals surface area (Å²) in [6.45, 7) is 5.32. The summed E-state index contributed by atoms with van der Waals surface area (Å²) in [5.41, 5.74) is 2.39. The van der Waals surface area contributed by atoms with Crippen LogP contribution < -0.4 is 5.30 Å². The predicted octanol–water partition coefficient (Wildman–Crippen LogP) is 4.36. The Balaban J connectivity index is 2.40. The van der Waals surface area contributed by atoms with Gasteiger partial charge in [0, 0.05) is 5.30 Å². The molecule has 2 rings (SSSR count). The second-order valence-corrected chi connectivity index (χ2v) is 5.49. The lowest BCUT2D eigenvalue weighted by molar-refractivity contribution is 0.277. The Morgan fingerprint density at radius 3 is 2.00 bits per heavy atom. The zero-order valence-corrected chi connectivity index (χ0v) is 12.3. The van der Waals surface area contributed by atoms with Gasteiger partial charge in [0.25, 0.3) is 0 Å². The van der Waals surface area contributed by atoms with E-state index >= 15 is 0 Å². The van der Waals surface area contributed by atoms with Crippen molar-refractivity contribution in [2.24, 2.45) is 0 Å². The third-order valence-corrected chi connectivity index (χ3v) is 4.45. The average Bonchev–Trinajstić information content (AvgIpc) is 2.48. The average molecular weight is 274 g/mol. The minimum Gasteiger partial charge on any atom is -0.331 e. The molecular formula is C16H19O2P. The maximum atomic E-state index is 5.77. The lowest BCUT2D eigenvalue weighted by atomic mass is 10.1. The summed E-state index contributed by atoms with van der Waals surface area (Å²) in [5, 5.41) is 1.15. The van der Waals surface area contributed by atoms with Crippen LogP contribution in [0.5, 0.6) is 0 Å². The molecule has 0 bridgehead atoms. The number of rotatable bonds is 6. The van der Waals surface area contributed by atoms with Gasteiger partial charge in [0.05, 0.1) is 13.2 Å². The first kappa shape index (κ1) is 14.2. The first-order valence-corrected chi connectivity index (χ1v) is 7.75. The first-order chi connectivity index (χ1) is 9.36. The van der Waals surface area contributed by atoms with Crippen LogP contribution in [-0.2, 0) is 9.05 Å². The van der Waals surface area contributed by atoms with Crippen molar-refractivity contribution >= 4 is 13.7 Å². The molecule has 0 fully saturated rings. The van der Waals surface area contributed by atoms with Gasteiger partial charge in [-0.15, -0.1) is 0 Å². The van der Waals surface area contributed by atoms with E-state index in [1.54, 1.807) is 0 Å². The predicted molar refractivity (Wildman–Crippen MR) is 81.7 cm³/mol. The van der Waals surface area contributed by atoms with Gasteiger partial charge < -0.3 is 9.05 Å². The van der Waals surface area contributed by atoms with Crippen molar-refractivity contribution in [3.05, 3.63) is 54.6 Å². The molecule has 0 atom stereocenters. The van der Waals surface area contributed by atoms with E-state index in [0.717, 1.165) is 5.30 Å². The largest absolute Gasteiger partial charge is 0.331 e. The SMILES string of the molecule is CCOP(OCC)c1ccccc1-c1ccccc1. The molecule has 0 N–H and O–H groups in total. The Morgan fingerprint density at radius 2 is 1.37 bits per heavy atom. The quantitative estimate of drug-likeness (QED) is 0.728. The van der Waals surface area contributed by atoms with E-state index in [4.69, 9.17) is 9.05 Å². The summed E-state index contributed by atoms with van der Waals surface area (Å²) in [6.07, 6.45) is 0. The number of benzene rings is 2. The number of hydrogen-bond donors (Lipinski definition) is 0. The van der Waals surface area contributed by atoms with Crippen LogP contribution in [0.25, 0.3) is 11.1 Å². The van der Waals surface area contributed by atoms with Gasteiger partial charge in [0.2, 0.25) is 8.38 Å². The van der Waals surface area contributed by atoms with Crippen molar-refractivity contribution in [1.29, 1.82) is 0 Å². The molecule has 0 unspecified atom stereocenters. The summed E-state index contributed by atoms with van der Waals surface area (Å²) in [6, 6.07) is 18.7. The van der Waals surface area contributed by atoms with Gasteiger partial charge in [-0.25, -0.2) is 0 Å². The fourth-order valence-corrected chi connectivity index (χ4v) is 3.34. The molecule has 0 aliphatic heterocycles. The van der Waals surface area contributed by atoms with Gasteiger partial charge in [-0.1, -0.05) is 48.5 Å². The molecule has 0 amide bonds. The fourth-order valence-electron chi connectivity index (χ4n) is 1.91. The molecule has 100 valence electrons. The molecule has 0 aliphatic rings. The van der Waals surface area contributed by atoms with Crippen LogP contribution >= 0.6 is 8.38 Å². The molecule has 0 saturated heterocycles. The van der Waals surface area contributed by atoms with Crippen LogP contribution in [0.1, 0.15) is 13.8 Å². The van der Waals surface area contributed by atoms with Crippen LogP contribution in [0.2, 0.25) is 0 Å². The highest BCUT2D eigenvalue weighted by atomic mass is 31.2. The fraction of sp³-hybridized carbons (Fsp3) is 0.250. The van der Waals surface area contributed by atoms with Crippen molar-refractivity contribution in [3.63, 3.8) is 0 Å². The molecule has 2 nitrogen and oxygen atoms in total. The van der Waals surface area contributed by atoms with Crippen LogP contribution in [0.3, 0.4) is 0 Å². The Morgan fingerprint density at radius 1 is 0.789 bits per heavy atom. The van der Waals surface area contributed by atoms with Crippen LogP contribution in [0.15, 0.2) is 54.6 Å². The maximum Gasteiger partial charge on any atom is 0.205 e. The van der Waals surface area contributed by atoms with Crippen LogP contribution in [-0.4, -0.2) is 13.2 Å². The Labute approximate surface area is 116 Å². The lowest BCUT2D eigenvalue weighted by Gasteiger charge is -2.19.